The van der Waals surface area contributed by atoms with Gasteiger partial charge in [0, 0.05) is 63.5 Å². The number of sulfone groups is 2. The summed E-state index contributed by atoms with van der Waals surface area (Å²) in [6.07, 6.45) is 6.16. The minimum atomic E-state index is -4.02. The maximum atomic E-state index is 12.9. The van der Waals surface area contributed by atoms with E-state index >= 15 is 0 Å². The van der Waals surface area contributed by atoms with Crippen LogP contribution in [0, 0.1) is 34.1 Å². The maximum absolute atomic E-state index is 12.9. The molecule has 0 unspecified atom stereocenters. The number of aromatic carboxylic acids is 2. The van der Waals surface area contributed by atoms with Gasteiger partial charge in [-0.2, -0.15) is 0 Å². The van der Waals surface area contributed by atoms with Crippen molar-refractivity contribution in [2.24, 2.45) is 0 Å². The lowest BCUT2D eigenvalue weighted by molar-refractivity contribution is -0.385. The van der Waals surface area contributed by atoms with E-state index in [-0.39, 0.29) is 65.7 Å². The zero-order valence-electron chi connectivity index (χ0n) is 32.4. The first-order valence-corrected chi connectivity index (χ1v) is 21.7. The molecule has 6 rings (SSSR count). The van der Waals surface area contributed by atoms with Crippen molar-refractivity contribution in [1.82, 2.24) is 9.97 Å². The van der Waals surface area contributed by atoms with Gasteiger partial charge in [0.05, 0.1) is 42.3 Å². The molecular weight excluding hydrogens is 951 g/mol. The number of nitrogens with zero attached hydrogens (tertiary/aromatic N) is 4. The van der Waals surface area contributed by atoms with Crippen LogP contribution in [0.4, 0.5) is 11.4 Å². The molecule has 0 aliphatic heterocycles. The predicted octanol–water partition coefficient (Wildman–Crippen LogP) is 7.64. The second kappa shape index (κ2) is 24.4. The van der Waals surface area contributed by atoms with Gasteiger partial charge >= 0.3 is 19.1 Å². The molecule has 2 heterocycles. The van der Waals surface area contributed by atoms with Crippen LogP contribution < -0.4 is 5.46 Å². The molecule has 0 aliphatic rings. The molecule has 0 radical (unpaired) electrons. The van der Waals surface area contributed by atoms with Crippen molar-refractivity contribution in [2.75, 3.05) is 0 Å². The molecule has 65 heavy (non-hydrogen) atoms. The number of hydrogen-bond donors (Lipinski definition) is 4. The summed E-state index contributed by atoms with van der Waals surface area (Å²) in [6, 6.07) is 22.0. The third-order valence-electron chi connectivity index (χ3n) is 8.71. The number of aromatic nitrogens is 2. The highest BCUT2D eigenvalue weighted by molar-refractivity contribution is 9.10. The molecule has 2 aromatic heterocycles. The smallest absolute Gasteiger partial charge is 0.478 e. The maximum Gasteiger partial charge on any atom is 0.490 e. The Morgan fingerprint density at radius 3 is 1.48 bits per heavy atom. The van der Waals surface area contributed by atoms with Gasteiger partial charge in [0.15, 0.2) is 19.7 Å². The predicted molar refractivity (Wildman–Crippen MR) is 249 cm³/mol. The standard InChI is InChI=1S/C20H16N2O6S.C15H12BrNO6S.C5H6BNO2.3CH4/c1-13-8-19(22(25)26)16(10-18(13)15-5-3-7-21-11-15)12-29(27,28)17-6-2-4-14(9-17)20(23)24;1-9-5-14(17(20)21)11(7-13(9)16)8-24(22,23)12-4-2-3-10(6-12)15(18)19;8-6(9)5-2-1-3-7-4-5;;;/h2-11H,12H2,1H3,(H,23,24);2-7H,8H2,1H3,(H,18,19);1-4,8-9H;3*1H4. The number of carboxylic acid groups (broad SMARTS) is 2. The van der Waals surface area contributed by atoms with Gasteiger partial charge in [-0.25, -0.2) is 26.4 Å². The summed E-state index contributed by atoms with van der Waals surface area (Å²) in [6.45, 7) is 3.36. The van der Waals surface area contributed by atoms with E-state index in [4.69, 9.17) is 20.3 Å². The summed E-state index contributed by atoms with van der Waals surface area (Å²) in [5, 5.41) is 57.8. The number of carbonyl (C=O) groups is 2. The Morgan fingerprint density at radius 2 is 1.09 bits per heavy atom. The Morgan fingerprint density at radius 1 is 0.646 bits per heavy atom. The number of benzene rings is 4. The summed E-state index contributed by atoms with van der Waals surface area (Å²) >= 11 is 3.23. The van der Waals surface area contributed by atoms with E-state index < -0.39 is 60.1 Å². The Labute approximate surface area is 384 Å². The summed E-state index contributed by atoms with van der Waals surface area (Å²) < 4.78 is 51.3. The Kier molecular flexibility index (Phi) is 21.1. The highest BCUT2D eigenvalue weighted by atomic mass is 79.9. The van der Waals surface area contributed by atoms with E-state index in [1.807, 2.05) is 0 Å². The number of carboxylic acids is 2. The molecule has 344 valence electrons. The van der Waals surface area contributed by atoms with Crippen molar-refractivity contribution in [3.8, 4) is 11.1 Å². The Hall–Kier alpha value is -6.72. The quantitative estimate of drug-likeness (QED) is 0.0520. The molecule has 0 aliphatic carbocycles. The highest BCUT2D eigenvalue weighted by Crippen LogP contribution is 2.33. The lowest BCUT2D eigenvalue weighted by Gasteiger charge is -2.11. The number of halogens is 1. The number of pyridine rings is 2. The number of rotatable bonds is 12. The molecule has 0 saturated heterocycles. The molecule has 4 N–H and O–H groups in total. The van der Waals surface area contributed by atoms with Crippen molar-refractivity contribution in [2.45, 2.75) is 57.4 Å². The zero-order valence-corrected chi connectivity index (χ0v) is 35.6. The summed E-state index contributed by atoms with van der Waals surface area (Å²) in [5.41, 5.74) is 2.04. The van der Waals surface area contributed by atoms with Crippen LogP contribution in [0.5, 0.6) is 0 Å². The van der Waals surface area contributed by atoms with Crippen LogP contribution in [-0.2, 0) is 31.2 Å². The molecule has 0 bridgehead atoms. The van der Waals surface area contributed by atoms with Crippen LogP contribution in [0.3, 0.4) is 0 Å². The van der Waals surface area contributed by atoms with Gasteiger partial charge in [-0.05, 0) is 91.2 Å². The lowest BCUT2D eigenvalue weighted by atomic mass is 9.82. The molecule has 0 amide bonds. The Balaban J connectivity index is 0.000000530. The van der Waals surface area contributed by atoms with Crippen LogP contribution in [0.25, 0.3) is 11.1 Å². The van der Waals surface area contributed by atoms with E-state index in [1.165, 1.54) is 66.9 Å². The number of nitro groups is 2. The van der Waals surface area contributed by atoms with Gasteiger partial charge in [-0.3, -0.25) is 30.2 Å². The minimum absolute atomic E-state index is 0. The van der Waals surface area contributed by atoms with Crippen molar-refractivity contribution >= 4 is 71.5 Å². The largest absolute Gasteiger partial charge is 0.490 e. The summed E-state index contributed by atoms with van der Waals surface area (Å²) in [4.78, 5) is 50.8. The van der Waals surface area contributed by atoms with E-state index in [2.05, 4.69) is 25.9 Å². The monoisotopic (exact) mass is 996 g/mol. The topological polar surface area (TPSA) is 295 Å². The summed E-state index contributed by atoms with van der Waals surface area (Å²) in [7, 11) is -9.37. The van der Waals surface area contributed by atoms with Crippen LogP contribution in [0.15, 0.2) is 136 Å². The van der Waals surface area contributed by atoms with E-state index in [9.17, 15) is 46.7 Å². The van der Waals surface area contributed by atoms with Crippen molar-refractivity contribution < 1.29 is 56.5 Å². The number of hydrogen-bond acceptors (Lipinski definition) is 14. The molecule has 18 nitrogen and oxygen atoms in total. The fourth-order valence-corrected chi connectivity index (χ4v) is 8.79. The van der Waals surface area contributed by atoms with Gasteiger partial charge in [-0.1, -0.05) is 62.5 Å². The average molecular weight is 998 g/mol. The number of aryl methyl sites for hydroxylation is 2. The third kappa shape index (κ3) is 15.2. The van der Waals surface area contributed by atoms with Crippen molar-refractivity contribution in [1.29, 1.82) is 0 Å². The third-order valence-corrected chi connectivity index (χ3v) is 12.9. The minimum Gasteiger partial charge on any atom is -0.478 e. The van der Waals surface area contributed by atoms with Gasteiger partial charge in [-0.15, -0.1) is 0 Å². The number of nitro benzene ring substituents is 2. The molecule has 22 heteroatoms. The zero-order chi connectivity index (χ0) is 45.9. The van der Waals surface area contributed by atoms with Gasteiger partial charge in [0.2, 0.25) is 0 Å². The molecule has 6 aromatic rings. The molecule has 0 saturated carbocycles. The van der Waals surface area contributed by atoms with Crippen LogP contribution in [0.2, 0.25) is 0 Å². The average Bonchev–Trinajstić information content (AvgIpc) is 3.23. The van der Waals surface area contributed by atoms with Gasteiger partial charge in [0.1, 0.15) is 0 Å². The fourth-order valence-electron chi connectivity index (χ4n) is 5.60. The summed E-state index contributed by atoms with van der Waals surface area (Å²) in [5.74, 6) is -3.76. The van der Waals surface area contributed by atoms with Crippen LogP contribution in [0.1, 0.15) is 65.2 Å². The van der Waals surface area contributed by atoms with E-state index in [0.717, 1.165) is 12.1 Å². The molecule has 0 atom stereocenters. The van der Waals surface area contributed by atoms with E-state index in [1.54, 1.807) is 56.7 Å². The molecule has 4 aromatic carbocycles. The second-order valence-electron chi connectivity index (χ2n) is 13.1. The Bertz CT molecular complexity index is 2870. The SMILES string of the molecule is C.C.C.Cc1cc([N+](=O)[O-])c(CS(=O)(=O)c2cccc(C(=O)O)c2)cc1-c1cccnc1.Cc1cc([N+](=O)[O-])c(CS(=O)(=O)c2cccc(C(=O)O)c2)cc1Br.OB(O)c1cccnc1. The lowest BCUT2D eigenvalue weighted by Crippen LogP contribution is -2.29. The second-order valence-corrected chi connectivity index (χ2v) is 18.0. The molecule has 0 spiro atoms. The van der Waals surface area contributed by atoms with Gasteiger partial charge in [0.25, 0.3) is 11.4 Å². The first-order valence-electron chi connectivity index (χ1n) is 17.6. The fraction of sp³-hybridized carbons (Fsp3) is 0.163. The van der Waals surface area contributed by atoms with Crippen molar-refractivity contribution in [3.63, 3.8) is 0 Å². The molecule has 0 fully saturated rings. The first kappa shape index (κ1) is 56.3. The van der Waals surface area contributed by atoms with Crippen LogP contribution in [-0.4, -0.2) is 76.0 Å². The van der Waals surface area contributed by atoms with Crippen molar-refractivity contribution in [3.05, 3.63) is 180 Å². The normalized spacial score (nSPS) is 10.4. The van der Waals surface area contributed by atoms with E-state index in [0.29, 0.717) is 32.2 Å². The van der Waals surface area contributed by atoms with Crippen LogP contribution >= 0.6 is 15.9 Å². The molecular formula is C43H46BBrN4O14S2. The first-order chi connectivity index (χ1) is 29.1. The van der Waals surface area contributed by atoms with Gasteiger partial charge < -0.3 is 20.3 Å². The highest BCUT2D eigenvalue weighted by Gasteiger charge is 2.26.